The molecule has 5 rings (SSSR count). The number of sulfonamides is 1. The highest BCUT2D eigenvalue weighted by Crippen LogP contribution is 2.25. The Morgan fingerprint density at radius 3 is 2.59 bits per heavy atom. The van der Waals surface area contributed by atoms with Crippen LogP contribution in [0.25, 0.3) is 22.9 Å². The molecule has 1 aliphatic heterocycles. The summed E-state index contributed by atoms with van der Waals surface area (Å²) in [5.41, 5.74) is 3.13. The fourth-order valence-electron chi connectivity index (χ4n) is 4.09. The molecule has 1 saturated heterocycles. The summed E-state index contributed by atoms with van der Waals surface area (Å²) in [6.45, 7) is 3.32. The lowest BCUT2D eigenvalue weighted by atomic mass is 10.1. The van der Waals surface area contributed by atoms with Gasteiger partial charge >= 0.3 is 0 Å². The van der Waals surface area contributed by atoms with Gasteiger partial charge in [-0.25, -0.2) is 13.4 Å². The zero-order valence-electron chi connectivity index (χ0n) is 18.6. The van der Waals surface area contributed by atoms with Crippen LogP contribution in [0.1, 0.15) is 30.4 Å². The Morgan fingerprint density at radius 1 is 1.09 bits per heavy atom. The minimum absolute atomic E-state index is 0.177. The second kappa shape index (κ2) is 8.99. The first-order valence-electron chi connectivity index (χ1n) is 11.1. The molecule has 0 unspecified atom stereocenters. The van der Waals surface area contributed by atoms with Gasteiger partial charge in [-0.15, -0.1) is 0 Å². The van der Waals surface area contributed by atoms with Crippen LogP contribution in [-0.4, -0.2) is 50.7 Å². The van der Waals surface area contributed by atoms with Crippen LogP contribution in [0.4, 0.5) is 0 Å². The number of nitrogens with one attached hydrogen (secondary N) is 1. The minimum atomic E-state index is -3.90. The summed E-state index contributed by atoms with van der Waals surface area (Å²) in [6, 6.07) is 11.4. The highest BCUT2D eigenvalue weighted by atomic mass is 32.2. The zero-order chi connectivity index (χ0) is 23.7. The topological polar surface area (TPSA) is 127 Å². The second-order valence-electron chi connectivity index (χ2n) is 8.27. The third-order valence-electron chi connectivity index (χ3n) is 6.00. The van der Waals surface area contributed by atoms with Crippen LogP contribution in [-0.2, 0) is 16.6 Å². The highest BCUT2D eigenvalue weighted by Gasteiger charge is 2.29. The Bertz CT molecular complexity index is 1470. The lowest BCUT2D eigenvalue weighted by Gasteiger charge is -2.25. The van der Waals surface area contributed by atoms with Crippen molar-refractivity contribution in [1.29, 1.82) is 0 Å². The third-order valence-corrected chi connectivity index (χ3v) is 7.90. The molecule has 11 heteroatoms. The van der Waals surface area contributed by atoms with Gasteiger partial charge in [0.15, 0.2) is 10.7 Å². The molecule has 4 aromatic rings. The van der Waals surface area contributed by atoms with Crippen LogP contribution in [0.3, 0.4) is 0 Å². The van der Waals surface area contributed by atoms with E-state index < -0.39 is 15.6 Å². The van der Waals surface area contributed by atoms with Crippen molar-refractivity contribution in [3.8, 4) is 22.9 Å². The first kappa shape index (κ1) is 22.2. The monoisotopic (exact) mass is 480 g/mol. The van der Waals surface area contributed by atoms with Gasteiger partial charge in [0.2, 0.25) is 10.0 Å². The van der Waals surface area contributed by atoms with Crippen molar-refractivity contribution in [1.82, 2.24) is 29.2 Å². The van der Waals surface area contributed by atoms with E-state index >= 15 is 0 Å². The minimum Gasteiger partial charge on any atom is -0.364 e. The number of H-pyrrole nitrogens is 1. The standard InChI is InChI=1S/C23H24N6O4S/c1-16-7-3-4-8-17(16)15-29-20(18-9-12-33-27-18)13-19(26-29)22-24-14-21(23(30)25-22)34(31,32)28-10-5-2-6-11-28/h3-4,7-9,12-14H,2,5-6,10-11,15H2,1H3,(H,24,25,30). The van der Waals surface area contributed by atoms with Crippen LogP contribution >= 0.6 is 0 Å². The van der Waals surface area contributed by atoms with Crippen LogP contribution in [0.15, 0.2) is 63.1 Å². The normalized spacial score (nSPS) is 15.0. The maximum atomic E-state index is 12.9. The van der Waals surface area contributed by atoms with Gasteiger partial charge in [0.25, 0.3) is 5.56 Å². The zero-order valence-corrected chi connectivity index (χ0v) is 19.5. The van der Waals surface area contributed by atoms with E-state index in [0.717, 1.165) is 36.6 Å². The quantitative estimate of drug-likeness (QED) is 0.449. The van der Waals surface area contributed by atoms with Crippen LogP contribution in [0.5, 0.6) is 0 Å². The number of aryl methyl sites for hydroxylation is 1. The van der Waals surface area contributed by atoms with Gasteiger partial charge in [-0.05, 0) is 37.0 Å². The van der Waals surface area contributed by atoms with E-state index in [0.29, 0.717) is 36.7 Å². The van der Waals surface area contributed by atoms with Gasteiger partial charge in [0.1, 0.15) is 17.7 Å². The van der Waals surface area contributed by atoms with Gasteiger partial charge in [-0.3, -0.25) is 9.48 Å². The number of benzene rings is 1. The van der Waals surface area contributed by atoms with Crippen LogP contribution < -0.4 is 5.56 Å². The van der Waals surface area contributed by atoms with Gasteiger partial charge in [0, 0.05) is 19.2 Å². The summed E-state index contributed by atoms with van der Waals surface area (Å²) in [4.78, 5) is 19.3. The fraction of sp³-hybridized carbons (Fsp3) is 0.304. The van der Waals surface area contributed by atoms with Crippen molar-refractivity contribution >= 4 is 10.0 Å². The molecule has 176 valence electrons. The van der Waals surface area contributed by atoms with E-state index in [1.165, 1.54) is 10.6 Å². The summed E-state index contributed by atoms with van der Waals surface area (Å²) in [5, 5.41) is 8.66. The van der Waals surface area contributed by atoms with Gasteiger partial charge in [-0.1, -0.05) is 35.8 Å². The summed E-state index contributed by atoms with van der Waals surface area (Å²) < 4.78 is 34.0. The molecule has 1 fully saturated rings. The molecule has 34 heavy (non-hydrogen) atoms. The molecule has 1 aromatic carbocycles. The SMILES string of the molecule is Cc1ccccc1Cn1nc(-c2ncc(S(=O)(=O)N3CCCCC3)c(=O)[nH]2)cc1-c1ccon1. The van der Waals surface area contributed by atoms with Gasteiger partial charge in [0.05, 0.1) is 18.4 Å². The average Bonchev–Trinajstić information content (AvgIpc) is 3.51. The summed E-state index contributed by atoms with van der Waals surface area (Å²) in [7, 11) is -3.90. The van der Waals surface area contributed by atoms with E-state index in [9.17, 15) is 13.2 Å². The van der Waals surface area contributed by atoms with Gasteiger partial charge < -0.3 is 9.51 Å². The van der Waals surface area contributed by atoms with Crippen molar-refractivity contribution in [2.24, 2.45) is 0 Å². The van der Waals surface area contributed by atoms with Crippen molar-refractivity contribution in [3.63, 3.8) is 0 Å². The first-order valence-corrected chi connectivity index (χ1v) is 12.5. The molecule has 0 bridgehead atoms. The Morgan fingerprint density at radius 2 is 1.88 bits per heavy atom. The Hall–Kier alpha value is -3.57. The van der Waals surface area contributed by atoms with Crippen molar-refractivity contribution in [2.45, 2.75) is 37.6 Å². The molecule has 0 spiro atoms. The summed E-state index contributed by atoms with van der Waals surface area (Å²) in [6.07, 6.45) is 5.14. The number of hydrogen-bond donors (Lipinski definition) is 1. The number of rotatable bonds is 6. The molecule has 4 heterocycles. The molecule has 1 N–H and O–H groups in total. The van der Waals surface area contributed by atoms with E-state index in [2.05, 4.69) is 20.2 Å². The Balaban J connectivity index is 1.52. The maximum absolute atomic E-state index is 12.9. The predicted octanol–water partition coefficient (Wildman–Crippen LogP) is 2.82. The molecule has 0 aliphatic carbocycles. The van der Waals surface area contributed by atoms with E-state index in [-0.39, 0.29) is 10.7 Å². The number of nitrogens with zero attached hydrogens (tertiary/aromatic N) is 5. The Labute approximate surface area is 196 Å². The number of hydrogen-bond acceptors (Lipinski definition) is 7. The van der Waals surface area contributed by atoms with Crippen molar-refractivity contribution in [3.05, 3.63) is 70.3 Å². The van der Waals surface area contributed by atoms with Gasteiger partial charge in [-0.2, -0.15) is 9.40 Å². The molecular weight excluding hydrogens is 456 g/mol. The third kappa shape index (κ3) is 4.19. The summed E-state index contributed by atoms with van der Waals surface area (Å²) in [5.74, 6) is 0.177. The number of aromatic amines is 1. The lowest BCUT2D eigenvalue weighted by molar-refractivity contribution is 0.346. The smallest absolute Gasteiger partial charge is 0.271 e. The van der Waals surface area contributed by atoms with E-state index in [4.69, 9.17) is 4.52 Å². The molecule has 0 saturated carbocycles. The average molecular weight is 481 g/mol. The molecule has 0 atom stereocenters. The van der Waals surface area contributed by atoms with Crippen LogP contribution in [0, 0.1) is 6.92 Å². The fourth-order valence-corrected chi connectivity index (χ4v) is 5.58. The predicted molar refractivity (Wildman–Crippen MR) is 124 cm³/mol. The largest absolute Gasteiger partial charge is 0.364 e. The van der Waals surface area contributed by atoms with E-state index in [1.807, 2.05) is 31.2 Å². The summed E-state index contributed by atoms with van der Waals surface area (Å²) >= 11 is 0. The lowest BCUT2D eigenvalue weighted by Crippen LogP contribution is -2.38. The molecule has 0 radical (unpaired) electrons. The number of piperidine rings is 1. The first-order chi connectivity index (χ1) is 16.4. The van der Waals surface area contributed by atoms with Crippen molar-refractivity contribution < 1.29 is 12.9 Å². The molecular formula is C23H24N6O4S. The maximum Gasteiger partial charge on any atom is 0.271 e. The van der Waals surface area contributed by atoms with E-state index in [1.54, 1.807) is 16.8 Å². The highest BCUT2D eigenvalue weighted by molar-refractivity contribution is 7.89. The molecule has 1 aliphatic rings. The molecule has 10 nitrogen and oxygen atoms in total. The number of aromatic nitrogens is 5. The molecule has 0 amide bonds. The molecule has 3 aromatic heterocycles. The Kier molecular flexibility index (Phi) is 5.88. The van der Waals surface area contributed by atoms with Crippen molar-refractivity contribution in [2.75, 3.05) is 13.1 Å². The van der Waals surface area contributed by atoms with Crippen LogP contribution in [0.2, 0.25) is 0 Å². The second-order valence-corrected chi connectivity index (χ2v) is 10.2.